The molecule has 0 aromatic carbocycles. The average molecular weight is 540 g/mol. The standard InChI is InChI=1S/2C14H16ClN3.CH4/c2*1-2-10-6-3-4-9-18(10)13-11-7-5-8-12(11)16-14(15)17-13;/h2*1,10H,3-9H2;1H4/t2*10-;/m00./s1. The van der Waals surface area contributed by atoms with E-state index in [1.807, 2.05) is 0 Å². The van der Waals surface area contributed by atoms with E-state index in [1.165, 1.54) is 36.8 Å². The lowest BCUT2D eigenvalue weighted by molar-refractivity contribution is 0.518. The molecule has 4 heterocycles. The number of terminal acetylenes is 2. The average Bonchev–Trinajstić information content (AvgIpc) is 3.57. The largest absolute Gasteiger partial charge is 0.342 e. The van der Waals surface area contributed by atoms with Crippen molar-refractivity contribution >= 4 is 34.8 Å². The van der Waals surface area contributed by atoms with Crippen LogP contribution in [0.15, 0.2) is 0 Å². The first-order valence-corrected chi connectivity index (χ1v) is 13.9. The van der Waals surface area contributed by atoms with Crippen LogP contribution in [0.1, 0.15) is 81.3 Å². The second kappa shape index (κ2) is 12.3. The highest BCUT2D eigenvalue weighted by Crippen LogP contribution is 2.34. The Balaban J connectivity index is 0.000000168. The Morgan fingerprint density at radius 2 is 1.05 bits per heavy atom. The molecule has 8 heteroatoms. The van der Waals surface area contributed by atoms with E-state index in [2.05, 4.69) is 41.6 Å². The van der Waals surface area contributed by atoms with Gasteiger partial charge in [0.2, 0.25) is 10.6 Å². The zero-order valence-corrected chi connectivity index (χ0v) is 22.2. The molecule has 2 atom stereocenters. The van der Waals surface area contributed by atoms with Crippen LogP contribution in [0.5, 0.6) is 0 Å². The molecule has 0 saturated carbocycles. The van der Waals surface area contributed by atoms with Gasteiger partial charge in [0.15, 0.2) is 0 Å². The Morgan fingerprint density at radius 1 is 0.622 bits per heavy atom. The number of halogens is 2. The van der Waals surface area contributed by atoms with Gasteiger partial charge in [-0.1, -0.05) is 19.3 Å². The second-order valence-corrected chi connectivity index (χ2v) is 10.6. The van der Waals surface area contributed by atoms with Crippen LogP contribution >= 0.6 is 23.2 Å². The summed E-state index contributed by atoms with van der Waals surface area (Å²) >= 11 is 12.1. The number of aromatic nitrogens is 4. The van der Waals surface area contributed by atoms with E-state index in [1.54, 1.807) is 0 Å². The first-order chi connectivity index (χ1) is 17.6. The monoisotopic (exact) mass is 538 g/mol. The zero-order chi connectivity index (χ0) is 25.1. The van der Waals surface area contributed by atoms with Gasteiger partial charge in [0.25, 0.3) is 0 Å². The summed E-state index contributed by atoms with van der Waals surface area (Å²) in [5.41, 5.74) is 4.76. The summed E-state index contributed by atoms with van der Waals surface area (Å²) in [6.45, 7) is 1.96. The van der Waals surface area contributed by atoms with Crippen molar-refractivity contribution in [1.82, 2.24) is 19.9 Å². The maximum atomic E-state index is 6.04. The Bertz CT molecular complexity index is 1110. The number of nitrogens with zero attached hydrogens (tertiary/aromatic N) is 6. The number of piperidine rings is 2. The van der Waals surface area contributed by atoms with Gasteiger partial charge in [-0.25, -0.2) is 19.9 Å². The molecule has 37 heavy (non-hydrogen) atoms. The van der Waals surface area contributed by atoms with E-state index >= 15 is 0 Å². The molecule has 2 aliphatic heterocycles. The molecule has 0 unspecified atom stereocenters. The first-order valence-electron chi connectivity index (χ1n) is 13.1. The fraction of sp³-hybridized carbons (Fsp3) is 0.586. The number of hydrogen-bond acceptors (Lipinski definition) is 6. The molecule has 0 spiro atoms. The number of fused-ring (bicyclic) bond motifs is 2. The van der Waals surface area contributed by atoms with E-state index in [0.29, 0.717) is 10.6 Å². The van der Waals surface area contributed by atoms with Gasteiger partial charge in [0.1, 0.15) is 11.6 Å². The molecule has 0 N–H and O–H groups in total. The quantitative estimate of drug-likeness (QED) is 0.352. The van der Waals surface area contributed by atoms with Crippen LogP contribution in [0.3, 0.4) is 0 Å². The first kappa shape index (κ1) is 27.5. The summed E-state index contributed by atoms with van der Waals surface area (Å²) in [6.07, 6.45) is 24.6. The van der Waals surface area contributed by atoms with Gasteiger partial charge in [-0.2, -0.15) is 0 Å². The molecule has 0 amide bonds. The molecule has 0 radical (unpaired) electrons. The third-order valence-corrected chi connectivity index (χ3v) is 8.04. The minimum atomic E-state index is 0. The molecule has 6 rings (SSSR count). The second-order valence-electron chi connectivity index (χ2n) is 9.93. The fourth-order valence-corrected chi connectivity index (χ4v) is 6.32. The summed E-state index contributed by atoms with van der Waals surface area (Å²) < 4.78 is 0. The predicted octanol–water partition coefficient (Wildman–Crippen LogP) is 5.86. The summed E-state index contributed by atoms with van der Waals surface area (Å²) in [5.74, 6) is 7.75. The van der Waals surface area contributed by atoms with E-state index in [4.69, 9.17) is 36.0 Å². The van der Waals surface area contributed by atoms with Crippen LogP contribution in [-0.2, 0) is 25.7 Å². The van der Waals surface area contributed by atoms with Crippen molar-refractivity contribution < 1.29 is 0 Å². The molecule has 0 bridgehead atoms. The Kier molecular flexibility index (Phi) is 9.17. The van der Waals surface area contributed by atoms with E-state index < -0.39 is 0 Å². The number of anilines is 2. The van der Waals surface area contributed by atoms with Crippen LogP contribution in [0.2, 0.25) is 10.6 Å². The van der Waals surface area contributed by atoms with Gasteiger partial charge in [0, 0.05) is 24.2 Å². The maximum Gasteiger partial charge on any atom is 0.224 e. The normalized spacial score (nSPS) is 22.1. The Hall–Kier alpha value is -2.54. The fourth-order valence-electron chi connectivity index (χ4n) is 5.96. The lowest BCUT2D eigenvalue weighted by atomic mass is 10.0. The highest BCUT2D eigenvalue weighted by atomic mass is 35.5. The summed E-state index contributed by atoms with van der Waals surface area (Å²) in [7, 11) is 0. The van der Waals surface area contributed by atoms with Crippen molar-refractivity contribution in [2.75, 3.05) is 22.9 Å². The highest BCUT2D eigenvalue weighted by Gasteiger charge is 2.29. The molecule has 2 fully saturated rings. The van der Waals surface area contributed by atoms with Crippen molar-refractivity contribution in [3.8, 4) is 24.7 Å². The minimum Gasteiger partial charge on any atom is -0.342 e. The highest BCUT2D eigenvalue weighted by molar-refractivity contribution is 6.28. The number of aryl methyl sites for hydroxylation is 2. The summed E-state index contributed by atoms with van der Waals surface area (Å²) in [4.78, 5) is 22.1. The molecule has 196 valence electrons. The van der Waals surface area contributed by atoms with Gasteiger partial charge in [-0.05, 0) is 100 Å². The Labute approximate surface area is 231 Å². The van der Waals surface area contributed by atoms with Gasteiger partial charge < -0.3 is 9.80 Å². The SMILES string of the molecule is C.C#C[C@H]1CCCCN1c1nc(Cl)nc2c1CCC2.C#C[C@H]1CCCCN1c1nc(Cl)nc2c1CCC2. The van der Waals surface area contributed by atoms with Crippen molar-refractivity contribution in [2.24, 2.45) is 0 Å². The molecule has 4 aliphatic rings. The zero-order valence-electron chi connectivity index (χ0n) is 20.6. The topological polar surface area (TPSA) is 58.0 Å². The van der Waals surface area contributed by atoms with Gasteiger partial charge >= 0.3 is 0 Å². The Morgan fingerprint density at radius 3 is 1.46 bits per heavy atom. The van der Waals surface area contributed by atoms with E-state index in [9.17, 15) is 0 Å². The lowest BCUT2D eigenvalue weighted by Crippen LogP contribution is -2.39. The van der Waals surface area contributed by atoms with E-state index in [-0.39, 0.29) is 19.5 Å². The molecule has 2 saturated heterocycles. The lowest BCUT2D eigenvalue weighted by Gasteiger charge is -2.34. The smallest absolute Gasteiger partial charge is 0.224 e. The van der Waals surface area contributed by atoms with Crippen LogP contribution in [0, 0.1) is 24.7 Å². The van der Waals surface area contributed by atoms with Crippen LogP contribution in [0.4, 0.5) is 11.6 Å². The third kappa shape index (κ3) is 5.82. The van der Waals surface area contributed by atoms with Gasteiger partial charge in [-0.15, -0.1) is 12.8 Å². The molecule has 2 aromatic heterocycles. The van der Waals surface area contributed by atoms with Crippen LogP contribution in [0.25, 0.3) is 0 Å². The van der Waals surface area contributed by atoms with Crippen LogP contribution in [-0.4, -0.2) is 45.1 Å². The van der Waals surface area contributed by atoms with Crippen molar-refractivity contribution in [1.29, 1.82) is 0 Å². The molecule has 2 aromatic rings. The van der Waals surface area contributed by atoms with Crippen molar-refractivity contribution in [3.05, 3.63) is 33.1 Å². The predicted molar refractivity (Wildman–Crippen MR) is 153 cm³/mol. The van der Waals surface area contributed by atoms with E-state index in [0.717, 1.165) is 87.5 Å². The number of rotatable bonds is 2. The molecular formula is C29H36Cl2N6. The van der Waals surface area contributed by atoms with Crippen molar-refractivity contribution in [2.45, 2.75) is 96.6 Å². The van der Waals surface area contributed by atoms with Crippen molar-refractivity contribution in [3.63, 3.8) is 0 Å². The molecular weight excluding hydrogens is 503 g/mol. The minimum absolute atomic E-state index is 0. The summed E-state index contributed by atoms with van der Waals surface area (Å²) in [5, 5.41) is 0.707. The van der Waals surface area contributed by atoms with Gasteiger partial charge in [0.05, 0.1) is 23.5 Å². The molecule has 2 aliphatic carbocycles. The summed E-state index contributed by atoms with van der Waals surface area (Å²) in [6, 6.07) is 0.323. The van der Waals surface area contributed by atoms with Gasteiger partial charge in [-0.3, -0.25) is 0 Å². The molecule has 6 nitrogen and oxygen atoms in total. The van der Waals surface area contributed by atoms with Crippen LogP contribution < -0.4 is 9.80 Å². The number of hydrogen-bond donors (Lipinski definition) is 0. The third-order valence-electron chi connectivity index (χ3n) is 7.70. The maximum absolute atomic E-state index is 6.04.